The lowest BCUT2D eigenvalue weighted by atomic mass is 9.81. The van der Waals surface area contributed by atoms with Crippen LogP contribution >= 0.6 is 0 Å². The Hall–Kier alpha value is -3.50. The number of aromatic nitrogens is 1. The number of hydrogen-bond donors (Lipinski definition) is 1. The minimum absolute atomic E-state index is 0.214. The fourth-order valence-corrected chi connectivity index (χ4v) is 4.75. The van der Waals surface area contributed by atoms with E-state index in [1.807, 2.05) is 30.3 Å². The van der Waals surface area contributed by atoms with E-state index in [0.29, 0.717) is 48.1 Å². The number of hydrogen-bond acceptors (Lipinski definition) is 4. The van der Waals surface area contributed by atoms with Crippen molar-refractivity contribution in [3.63, 3.8) is 0 Å². The average Bonchev–Trinajstić information content (AvgIpc) is 2.81. The minimum Gasteiger partial charge on any atom is -0.389 e. The zero-order chi connectivity index (χ0) is 22.3. The molecule has 1 aromatic heterocycles. The number of fused-ring (bicyclic) bond motifs is 1. The molecule has 0 spiro atoms. The van der Waals surface area contributed by atoms with Gasteiger partial charge in [0.15, 0.2) is 0 Å². The van der Waals surface area contributed by atoms with Crippen LogP contribution in [0.1, 0.15) is 28.8 Å². The van der Waals surface area contributed by atoms with Crippen molar-refractivity contribution in [1.82, 2.24) is 9.88 Å². The van der Waals surface area contributed by atoms with E-state index in [1.165, 1.54) is 12.1 Å². The Morgan fingerprint density at radius 1 is 1.16 bits per heavy atom. The van der Waals surface area contributed by atoms with Crippen LogP contribution in [0.25, 0.3) is 15.7 Å². The third-order valence-electron chi connectivity index (χ3n) is 6.61. The molecule has 0 aliphatic carbocycles. The van der Waals surface area contributed by atoms with E-state index in [0.717, 1.165) is 5.56 Å². The van der Waals surface area contributed by atoms with Crippen LogP contribution in [0.4, 0.5) is 10.1 Å². The van der Waals surface area contributed by atoms with E-state index in [2.05, 4.69) is 14.7 Å². The molecule has 2 aromatic carbocycles. The molecule has 162 valence electrons. The lowest BCUT2D eigenvalue weighted by Gasteiger charge is -2.39. The number of β-amino-alcohol motifs (C(OH)–C–C–N with tert-alkyl or cyclic N) is 1. The smallest absolute Gasteiger partial charge is 0.260 e. The zero-order valence-electron chi connectivity index (χ0n) is 17.5. The van der Waals surface area contributed by atoms with Gasteiger partial charge in [-0.1, -0.05) is 30.3 Å². The van der Waals surface area contributed by atoms with Crippen LogP contribution in [-0.4, -0.2) is 53.2 Å². The molecule has 1 N–H and O–H groups in total. The molecule has 7 heteroatoms. The van der Waals surface area contributed by atoms with Crippen molar-refractivity contribution in [2.75, 3.05) is 31.1 Å². The Kier molecular flexibility index (Phi) is 5.03. The molecule has 2 aliphatic rings. The summed E-state index contributed by atoms with van der Waals surface area (Å²) in [7, 11) is 0. The van der Waals surface area contributed by atoms with Gasteiger partial charge < -0.3 is 19.8 Å². The molecular weight excluding hydrogens is 407 g/mol. The summed E-state index contributed by atoms with van der Waals surface area (Å²) in [6, 6.07) is 14.2. The van der Waals surface area contributed by atoms with E-state index in [9.17, 15) is 14.3 Å². The fourth-order valence-electron chi connectivity index (χ4n) is 4.75. The second-order valence-electron chi connectivity index (χ2n) is 8.54. The van der Waals surface area contributed by atoms with Gasteiger partial charge in [0.1, 0.15) is 5.82 Å². The summed E-state index contributed by atoms with van der Waals surface area (Å²) in [6.07, 6.45) is 2.26. The SMILES string of the molecule is [C-]#[N+]C1(c2ccccc2)CCN(c2c(C(=O)N3CC(O)C3)cnc3ccc(F)cc23)CC1. The van der Waals surface area contributed by atoms with Crippen LogP contribution in [0.3, 0.4) is 0 Å². The molecule has 0 atom stereocenters. The van der Waals surface area contributed by atoms with Crippen molar-refractivity contribution < 1.29 is 14.3 Å². The predicted molar refractivity (Wildman–Crippen MR) is 120 cm³/mol. The number of pyridine rings is 1. The zero-order valence-corrected chi connectivity index (χ0v) is 17.5. The van der Waals surface area contributed by atoms with Gasteiger partial charge in [-0.2, -0.15) is 0 Å². The number of aliphatic hydroxyl groups excluding tert-OH is 1. The van der Waals surface area contributed by atoms with Crippen molar-refractivity contribution in [2.45, 2.75) is 24.5 Å². The number of amides is 1. The van der Waals surface area contributed by atoms with Crippen molar-refractivity contribution >= 4 is 22.5 Å². The minimum atomic E-state index is -0.600. The second-order valence-corrected chi connectivity index (χ2v) is 8.54. The van der Waals surface area contributed by atoms with E-state index in [-0.39, 0.29) is 24.8 Å². The van der Waals surface area contributed by atoms with Crippen molar-refractivity contribution in [1.29, 1.82) is 0 Å². The standard InChI is InChI=1S/C25H23FN4O2/c1-27-25(17-5-3-2-4-6-17)9-11-29(12-10-25)23-20-13-18(26)7-8-22(20)28-14-21(23)24(32)30-15-19(31)16-30/h2-8,13-14,19,31H,9-12,15-16H2. The van der Waals surface area contributed by atoms with Gasteiger partial charge >= 0.3 is 0 Å². The number of aliphatic hydroxyl groups is 1. The number of anilines is 1. The van der Waals surface area contributed by atoms with E-state index >= 15 is 0 Å². The maximum absolute atomic E-state index is 14.2. The average molecular weight is 430 g/mol. The number of carbonyl (C=O) groups excluding carboxylic acids is 1. The summed E-state index contributed by atoms with van der Waals surface area (Å²) in [5.41, 5.74) is 2.09. The van der Waals surface area contributed by atoms with E-state index in [4.69, 9.17) is 6.57 Å². The Morgan fingerprint density at radius 2 is 1.88 bits per heavy atom. The quantitative estimate of drug-likeness (QED) is 0.645. The number of halogens is 1. The number of benzene rings is 2. The summed E-state index contributed by atoms with van der Waals surface area (Å²) in [5.74, 6) is -0.602. The normalized spacial score (nSPS) is 18.3. The highest BCUT2D eigenvalue weighted by Crippen LogP contribution is 2.41. The Bertz CT molecular complexity index is 1210. The number of rotatable bonds is 3. The number of carbonyl (C=O) groups is 1. The molecular formula is C25H23FN4O2. The first-order valence-corrected chi connectivity index (χ1v) is 10.8. The molecule has 0 bridgehead atoms. The Balaban J connectivity index is 1.53. The largest absolute Gasteiger partial charge is 0.389 e. The molecule has 3 aromatic rings. The summed E-state index contributed by atoms with van der Waals surface area (Å²) >= 11 is 0. The topological polar surface area (TPSA) is 61.0 Å². The first-order valence-electron chi connectivity index (χ1n) is 10.8. The fraction of sp³-hybridized carbons (Fsp3) is 0.320. The van der Waals surface area contributed by atoms with E-state index in [1.54, 1.807) is 17.2 Å². The van der Waals surface area contributed by atoms with Gasteiger partial charge in [-0.05, 0) is 18.2 Å². The number of likely N-dealkylation sites (tertiary alicyclic amines) is 1. The lowest BCUT2D eigenvalue weighted by molar-refractivity contribution is 0.00591. The number of nitrogens with zero attached hydrogens (tertiary/aromatic N) is 4. The molecule has 2 saturated heterocycles. The van der Waals surface area contributed by atoms with Gasteiger partial charge in [-0.15, -0.1) is 0 Å². The van der Waals surface area contributed by atoms with Crippen LogP contribution in [0, 0.1) is 12.4 Å². The summed E-state index contributed by atoms with van der Waals surface area (Å²) in [4.78, 5) is 25.3. The van der Waals surface area contributed by atoms with Crippen LogP contribution in [0.2, 0.25) is 0 Å². The van der Waals surface area contributed by atoms with Gasteiger partial charge in [-0.25, -0.2) is 11.0 Å². The Morgan fingerprint density at radius 3 is 2.53 bits per heavy atom. The molecule has 0 unspecified atom stereocenters. The predicted octanol–water partition coefficient (Wildman–Crippen LogP) is 3.61. The Labute approximate surface area is 185 Å². The maximum Gasteiger partial charge on any atom is 0.260 e. The first kappa shape index (κ1) is 20.4. The molecule has 0 saturated carbocycles. The van der Waals surface area contributed by atoms with Crippen LogP contribution in [0.5, 0.6) is 0 Å². The van der Waals surface area contributed by atoms with Gasteiger partial charge in [0.25, 0.3) is 11.4 Å². The van der Waals surface area contributed by atoms with Crippen molar-refractivity contribution in [2.24, 2.45) is 0 Å². The highest BCUT2D eigenvalue weighted by molar-refractivity contribution is 6.07. The molecule has 32 heavy (non-hydrogen) atoms. The summed E-state index contributed by atoms with van der Waals surface area (Å²) in [6.45, 7) is 9.60. The summed E-state index contributed by atoms with van der Waals surface area (Å²) < 4.78 is 14.2. The third kappa shape index (κ3) is 3.37. The molecule has 1 amide bonds. The lowest BCUT2D eigenvalue weighted by Crippen LogP contribution is -2.53. The van der Waals surface area contributed by atoms with Gasteiger partial charge in [0.05, 0.1) is 22.9 Å². The van der Waals surface area contributed by atoms with Crippen LogP contribution in [0.15, 0.2) is 54.7 Å². The van der Waals surface area contributed by atoms with Crippen molar-refractivity contribution in [3.8, 4) is 0 Å². The third-order valence-corrected chi connectivity index (χ3v) is 6.61. The monoisotopic (exact) mass is 430 g/mol. The molecule has 5 rings (SSSR count). The first-order chi connectivity index (χ1) is 15.5. The number of piperidine rings is 1. The van der Waals surface area contributed by atoms with Crippen LogP contribution in [-0.2, 0) is 5.54 Å². The van der Waals surface area contributed by atoms with Gasteiger partial charge in [0, 0.05) is 56.2 Å². The van der Waals surface area contributed by atoms with E-state index < -0.39 is 11.6 Å². The second kappa shape index (κ2) is 7.88. The summed E-state index contributed by atoms with van der Waals surface area (Å²) in [5, 5.41) is 10.2. The highest BCUT2D eigenvalue weighted by atomic mass is 19.1. The maximum atomic E-state index is 14.2. The molecule has 3 heterocycles. The van der Waals surface area contributed by atoms with Gasteiger partial charge in [0.2, 0.25) is 0 Å². The molecule has 2 aliphatic heterocycles. The molecule has 2 fully saturated rings. The highest BCUT2D eigenvalue weighted by Gasteiger charge is 2.43. The molecule has 6 nitrogen and oxygen atoms in total. The molecule has 0 radical (unpaired) electrons. The van der Waals surface area contributed by atoms with Crippen molar-refractivity contribution in [3.05, 3.63) is 83.1 Å². The van der Waals surface area contributed by atoms with Crippen LogP contribution < -0.4 is 4.90 Å². The van der Waals surface area contributed by atoms with Gasteiger partial charge in [-0.3, -0.25) is 9.78 Å².